The first-order valence-corrected chi connectivity index (χ1v) is 10.4. The highest BCUT2D eigenvalue weighted by atomic mass is 16.5. The molecule has 0 aliphatic carbocycles. The van der Waals surface area contributed by atoms with Gasteiger partial charge in [-0.2, -0.15) is 5.10 Å². The van der Waals surface area contributed by atoms with Crippen molar-refractivity contribution in [1.82, 2.24) is 5.43 Å². The van der Waals surface area contributed by atoms with Gasteiger partial charge in [0.1, 0.15) is 6.61 Å². The molecule has 3 aromatic carbocycles. The number of hydrogen-bond acceptors (Lipinski definition) is 5. The van der Waals surface area contributed by atoms with Crippen molar-refractivity contribution in [2.75, 3.05) is 12.4 Å². The van der Waals surface area contributed by atoms with Gasteiger partial charge in [0.2, 0.25) is 0 Å². The average molecular weight is 446 g/mol. The van der Waals surface area contributed by atoms with E-state index in [4.69, 9.17) is 9.47 Å². The van der Waals surface area contributed by atoms with Gasteiger partial charge in [-0.05, 0) is 78.9 Å². The fourth-order valence-corrected chi connectivity index (χ4v) is 3.03. The number of aryl methyl sites for hydroxylation is 3. The van der Waals surface area contributed by atoms with E-state index in [9.17, 15) is 9.59 Å². The zero-order valence-electron chi connectivity index (χ0n) is 19.1. The molecule has 0 radical (unpaired) electrons. The molecule has 2 N–H and O–H groups in total. The molecular weight excluding hydrogens is 418 g/mol. The normalized spacial score (nSPS) is 10.7. The number of methoxy groups -OCH3 is 1. The Labute approximate surface area is 193 Å². The molecule has 0 atom stereocenters. The van der Waals surface area contributed by atoms with Gasteiger partial charge in [-0.1, -0.05) is 30.3 Å². The number of ether oxygens (including phenoxy) is 2. The van der Waals surface area contributed by atoms with Crippen LogP contribution in [0.3, 0.4) is 0 Å². The third-order valence-corrected chi connectivity index (χ3v) is 5.18. The molecule has 0 aliphatic rings. The molecule has 0 fully saturated rings. The number of nitrogens with zero attached hydrogens (tertiary/aromatic N) is 1. The summed E-state index contributed by atoms with van der Waals surface area (Å²) >= 11 is 0. The smallest absolute Gasteiger partial charge is 0.329 e. The molecule has 33 heavy (non-hydrogen) atoms. The van der Waals surface area contributed by atoms with Gasteiger partial charge < -0.3 is 14.8 Å². The van der Waals surface area contributed by atoms with E-state index in [2.05, 4.69) is 15.8 Å². The lowest BCUT2D eigenvalue weighted by molar-refractivity contribution is -0.136. The first-order chi connectivity index (χ1) is 15.9. The Morgan fingerprint density at radius 3 is 2.39 bits per heavy atom. The van der Waals surface area contributed by atoms with Crippen molar-refractivity contribution in [2.45, 2.75) is 27.4 Å². The summed E-state index contributed by atoms with van der Waals surface area (Å²) in [5, 5.41) is 6.42. The molecule has 0 bridgehead atoms. The van der Waals surface area contributed by atoms with Gasteiger partial charge in [0.05, 0.1) is 13.3 Å². The van der Waals surface area contributed by atoms with E-state index < -0.39 is 11.8 Å². The molecule has 0 saturated heterocycles. The van der Waals surface area contributed by atoms with Crippen molar-refractivity contribution in [3.05, 3.63) is 88.5 Å². The number of carbonyl (C=O) groups is 2. The van der Waals surface area contributed by atoms with Crippen molar-refractivity contribution < 1.29 is 19.1 Å². The number of hydrazone groups is 1. The Morgan fingerprint density at radius 2 is 1.67 bits per heavy atom. The maximum Gasteiger partial charge on any atom is 0.329 e. The third-order valence-electron chi connectivity index (χ3n) is 5.18. The summed E-state index contributed by atoms with van der Waals surface area (Å²) < 4.78 is 11.3. The minimum atomic E-state index is -0.866. The summed E-state index contributed by atoms with van der Waals surface area (Å²) in [6.07, 6.45) is 1.43. The number of rotatable bonds is 7. The Kier molecular flexibility index (Phi) is 7.81. The van der Waals surface area contributed by atoms with Gasteiger partial charge >= 0.3 is 11.8 Å². The third kappa shape index (κ3) is 6.43. The van der Waals surface area contributed by atoms with Gasteiger partial charge in [-0.15, -0.1) is 0 Å². The molecule has 0 heterocycles. The maximum absolute atomic E-state index is 12.1. The van der Waals surface area contributed by atoms with Crippen LogP contribution in [0.5, 0.6) is 11.5 Å². The van der Waals surface area contributed by atoms with Crippen LogP contribution < -0.4 is 20.2 Å². The van der Waals surface area contributed by atoms with E-state index in [0.29, 0.717) is 29.4 Å². The Morgan fingerprint density at radius 1 is 0.879 bits per heavy atom. The van der Waals surface area contributed by atoms with Crippen LogP contribution in [0.15, 0.2) is 65.8 Å². The highest BCUT2D eigenvalue weighted by Gasteiger charge is 2.13. The molecule has 7 heteroatoms. The first-order valence-electron chi connectivity index (χ1n) is 10.4. The molecular formula is C26H27N3O4. The van der Waals surface area contributed by atoms with Crippen molar-refractivity contribution in [3.8, 4) is 11.5 Å². The number of hydrogen-bond donors (Lipinski definition) is 2. The molecule has 7 nitrogen and oxygen atoms in total. The minimum Gasteiger partial charge on any atom is -0.493 e. The maximum atomic E-state index is 12.1. The molecule has 0 saturated carbocycles. The molecule has 0 aromatic heterocycles. The lowest BCUT2D eigenvalue weighted by atomic mass is 10.1. The Balaban J connectivity index is 1.57. The summed E-state index contributed by atoms with van der Waals surface area (Å²) in [7, 11) is 1.55. The van der Waals surface area contributed by atoms with E-state index >= 15 is 0 Å². The second kappa shape index (κ2) is 10.9. The van der Waals surface area contributed by atoms with Crippen LogP contribution in [0, 0.1) is 20.8 Å². The molecule has 0 unspecified atom stereocenters. The standard InChI is InChI=1S/C26H27N3O4/c1-17-9-11-22(13-19(17)3)28-25(30)26(31)29-27-15-20-10-12-23(24(14-20)32-4)33-16-21-8-6-5-7-18(21)2/h5-15H,16H2,1-4H3,(H,28,30)(H,29,31)/b27-15+. The van der Waals surface area contributed by atoms with Crippen LogP contribution in [0.2, 0.25) is 0 Å². The number of anilines is 1. The van der Waals surface area contributed by atoms with Crippen molar-refractivity contribution in [3.63, 3.8) is 0 Å². The number of nitrogens with one attached hydrogen (secondary N) is 2. The van der Waals surface area contributed by atoms with Crippen molar-refractivity contribution >= 4 is 23.7 Å². The van der Waals surface area contributed by atoms with Crippen LogP contribution in [0.1, 0.15) is 27.8 Å². The Hall–Kier alpha value is -4.13. The van der Waals surface area contributed by atoms with Gasteiger partial charge in [0.15, 0.2) is 11.5 Å². The van der Waals surface area contributed by atoms with E-state index in [1.165, 1.54) is 6.21 Å². The van der Waals surface area contributed by atoms with Crippen molar-refractivity contribution in [2.24, 2.45) is 5.10 Å². The predicted octanol–water partition coefficient (Wildman–Crippen LogP) is 4.29. The topological polar surface area (TPSA) is 89.0 Å². The van der Waals surface area contributed by atoms with Gasteiger partial charge in [-0.25, -0.2) is 5.43 Å². The van der Waals surface area contributed by atoms with Crippen LogP contribution in [0.25, 0.3) is 0 Å². The number of carbonyl (C=O) groups excluding carboxylic acids is 2. The zero-order valence-corrected chi connectivity index (χ0v) is 19.1. The summed E-state index contributed by atoms with van der Waals surface area (Å²) in [5.41, 5.74) is 7.81. The van der Waals surface area contributed by atoms with Crippen LogP contribution >= 0.6 is 0 Å². The number of amides is 2. The summed E-state index contributed by atoms with van der Waals surface area (Å²) in [5.74, 6) is -0.538. The lowest BCUT2D eigenvalue weighted by Gasteiger charge is -2.12. The van der Waals surface area contributed by atoms with Crippen LogP contribution in [0.4, 0.5) is 5.69 Å². The van der Waals surface area contributed by atoms with Crippen molar-refractivity contribution in [1.29, 1.82) is 0 Å². The zero-order chi connectivity index (χ0) is 23.8. The SMILES string of the molecule is COc1cc(/C=N/NC(=O)C(=O)Nc2ccc(C)c(C)c2)ccc1OCc1ccccc1C. The van der Waals surface area contributed by atoms with E-state index in [1.54, 1.807) is 37.4 Å². The fraction of sp³-hybridized carbons (Fsp3) is 0.192. The van der Waals surface area contributed by atoms with Crippen LogP contribution in [-0.2, 0) is 16.2 Å². The second-order valence-electron chi connectivity index (χ2n) is 7.58. The summed E-state index contributed by atoms with van der Waals surface area (Å²) in [6.45, 7) is 6.36. The average Bonchev–Trinajstić information content (AvgIpc) is 2.81. The lowest BCUT2D eigenvalue weighted by Crippen LogP contribution is -2.32. The van der Waals surface area contributed by atoms with Gasteiger partial charge in [-0.3, -0.25) is 9.59 Å². The predicted molar refractivity (Wildman–Crippen MR) is 129 cm³/mol. The summed E-state index contributed by atoms with van der Waals surface area (Å²) in [6, 6.07) is 18.7. The first kappa shape index (κ1) is 23.5. The molecule has 3 aromatic rings. The minimum absolute atomic E-state index is 0.419. The quantitative estimate of drug-likeness (QED) is 0.323. The molecule has 0 aliphatic heterocycles. The van der Waals surface area contributed by atoms with Crippen LogP contribution in [-0.4, -0.2) is 25.1 Å². The molecule has 170 valence electrons. The monoisotopic (exact) mass is 445 g/mol. The Bertz CT molecular complexity index is 1190. The number of benzene rings is 3. The van der Waals surface area contributed by atoms with E-state index in [-0.39, 0.29) is 0 Å². The molecule has 2 amide bonds. The highest BCUT2D eigenvalue weighted by molar-refractivity contribution is 6.39. The van der Waals surface area contributed by atoms with E-state index in [0.717, 1.165) is 22.3 Å². The fourth-order valence-electron chi connectivity index (χ4n) is 3.03. The van der Waals surface area contributed by atoms with E-state index in [1.807, 2.05) is 51.1 Å². The largest absolute Gasteiger partial charge is 0.493 e. The molecule has 0 spiro atoms. The highest BCUT2D eigenvalue weighted by Crippen LogP contribution is 2.28. The van der Waals surface area contributed by atoms with Gasteiger partial charge in [0.25, 0.3) is 0 Å². The second-order valence-corrected chi connectivity index (χ2v) is 7.58. The molecule has 3 rings (SSSR count). The summed E-state index contributed by atoms with van der Waals surface area (Å²) in [4.78, 5) is 24.1. The van der Waals surface area contributed by atoms with Gasteiger partial charge in [0, 0.05) is 5.69 Å².